The van der Waals surface area contributed by atoms with E-state index in [9.17, 15) is 5.11 Å². The number of piperidine rings is 1. The maximum absolute atomic E-state index is 9.75. The monoisotopic (exact) mass is 221 g/mol. The van der Waals surface area contributed by atoms with E-state index in [0.717, 1.165) is 31.4 Å². The van der Waals surface area contributed by atoms with E-state index in [2.05, 4.69) is 5.32 Å². The fraction of sp³-hybridized carbons (Fsp3) is 0.417. The van der Waals surface area contributed by atoms with E-state index in [1.54, 1.807) is 0 Å². The molecule has 15 heavy (non-hydrogen) atoms. The third-order valence-corrected chi connectivity index (χ3v) is 3.39. The molecular formula is C12H15NOS. The first-order chi connectivity index (χ1) is 7.26. The van der Waals surface area contributed by atoms with Gasteiger partial charge in [0.15, 0.2) is 5.05 Å². The third-order valence-electron chi connectivity index (χ3n) is 3.04. The first-order valence-corrected chi connectivity index (χ1v) is 5.70. The van der Waals surface area contributed by atoms with Gasteiger partial charge in [0.2, 0.25) is 0 Å². The van der Waals surface area contributed by atoms with Gasteiger partial charge >= 0.3 is 0 Å². The lowest BCUT2D eigenvalue weighted by Crippen LogP contribution is -2.51. The van der Waals surface area contributed by atoms with E-state index in [4.69, 9.17) is 12.2 Å². The first-order valence-electron chi connectivity index (χ1n) is 5.30. The van der Waals surface area contributed by atoms with Gasteiger partial charge in [0.1, 0.15) is 5.54 Å². The topological polar surface area (TPSA) is 32.3 Å². The van der Waals surface area contributed by atoms with E-state index in [-0.39, 0.29) is 5.05 Å². The molecule has 0 aliphatic carbocycles. The van der Waals surface area contributed by atoms with Crippen molar-refractivity contribution in [1.82, 2.24) is 5.32 Å². The zero-order chi connectivity index (χ0) is 10.7. The molecule has 0 bridgehead atoms. The standard InChI is InChI=1S/C12H15NOS/c14-11(15)12(8-4-5-9-13-12)10-6-2-1-3-7-10/h1-3,6-7,13H,4-5,8-9H2,(H,14,15). The minimum Gasteiger partial charge on any atom is -0.500 e. The van der Waals surface area contributed by atoms with E-state index in [0.29, 0.717) is 0 Å². The highest BCUT2D eigenvalue weighted by molar-refractivity contribution is 7.80. The maximum Gasteiger partial charge on any atom is 0.181 e. The normalized spacial score (nSPS) is 26.1. The Labute approximate surface area is 95.3 Å². The Balaban J connectivity index is 2.38. The van der Waals surface area contributed by atoms with Crippen molar-refractivity contribution in [3.05, 3.63) is 35.9 Å². The largest absolute Gasteiger partial charge is 0.500 e. The first kappa shape index (κ1) is 10.6. The van der Waals surface area contributed by atoms with E-state index in [1.807, 2.05) is 30.3 Å². The van der Waals surface area contributed by atoms with Gasteiger partial charge in [0.25, 0.3) is 0 Å². The second kappa shape index (κ2) is 4.29. The van der Waals surface area contributed by atoms with Gasteiger partial charge in [-0.25, -0.2) is 0 Å². The van der Waals surface area contributed by atoms with E-state index < -0.39 is 5.54 Å². The number of aliphatic hydroxyl groups is 1. The molecule has 1 unspecified atom stereocenters. The fourth-order valence-electron chi connectivity index (χ4n) is 2.18. The van der Waals surface area contributed by atoms with Crippen LogP contribution in [0.1, 0.15) is 24.8 Å². The molecule has 1 heterocycles. The summed E-state index contributed by atoms with van der Waals surface area (Å²) < 4.78 is 0. The molecule has 0 spiro atoms. The Hall–Kier alpha value is -0.930. The van der Waals surface area contributed by atoms with Crippen molar-refractivity contribution in [2.24, 2.45) is 0 Å². The van der Waals surface area contributed by atoms with Crippen LogP contribution in [0.3, 0.4) is 0 Å². The molecule has 2 rings (SSSR count). The predicted octanol–water partition coefficient (Wildman–Crippen LogP) is 2.54. The molecule has 0 aromatic heterocycles. The van der Waals surface area contributed by atoms with Crippen LogP contribution in [0.25, 0.3) is 0 Å². The predicted molar refractivity (Wildman–Crippen MR) is 65.2 cm³/mol. The van der Waals surface area contributed by atoms with Gasteiger partial charge in [-0.1, -0.05) is 30.3 Å². The second-order valence-corrected chi connectivity index (χ2v) is 4.35. The van der Waals surface area contributed by atoms with Crippen molar-refractivity contribution in [3.8, 4) is 0 Å². The Kier molecular flexibility index (Phi) is 3.03. The van der Waals surface area contributed by atoms with Crippen LogP contribution in [0, 0.1) is 0 Å². The Morgan fingerprint density at radius 2 is 2.00 bits per heavy atom. The van der Waals surface area contributed by atoms with Crippen LogP contribution < -0.4 is 5.32 Å². The van der Waals surface area contributed by atoms with Crippen molar-refractivity contribution in [3.63, 3.8) is 0 Å². The number of benzene rings is 1. The summed E-state index contributed by atoms with van der Waals surface area (Å²) in [4.78, 5) is 0. The molecule has 1 aromatic carbocycles. The summed E-state index contributed by atoms with van der Waals surface area (Å²) in [5, 5.41) is 13.2. The molecule has 0 amide bonds. The minimum absolute atomic E-state index is 0.0633. The van der Waals surface area contributed by atoms with Gasteiger partial charge in [-0.3, -0.25) is 0 Å². The quantitative estimate of drug-likeness (QED) is 0.753. The van der Waals surface area contributed by atoms with Crippen molar-refractivity contribution >= 4 is 17.3 Å². The molecule has 1 aliphatic rings. The van der Waals surface area contributed by atoms with E-state index in [1.165, 1.54) is 0 Å². The van der Waals surface area contributed by atoms with Gasteiger partial charge in [-0.05, 0) is 43.6 Å². The lowest BCUT2D eigenvalue weighted by Gasteiger charge is -2.36. The molecule has 2 nitrogen and oxygen atoms in total. The number of nitrogens with one attached hydrogen (secondary N) is 1. The zero-order valence-corrected chi connectivity index (χ0v) is 9.39. The van der Waals surface area contributed by atoms with Crippen LogP contribution in [-0.4, -0.2) is 16.7 Å². The average Bonchev–Trinajstić information content (AvgIpc) is 2.31. The highest BCUT2D eigenvalue weighted by atomic mass is 32.1. The smallest absolute Gasteiger partial charge is 0.181 e. The van der Waals surface area contributed by atoms with Crippen LogP contribution in [0.4, 0.5) is 0 Å². The molecule has 0 radical (unpaired) electrons. The number of hydrogen-bond donors (Lipinski definition) is 2. The molecule has 0 saturated carbocycles. The zero-order valence-electron chi connectivity index (χ0n) is 8.57. The van der Waals surface area contributed by atoms with Gasteiger partial charge in [-0.15, -0.1) is 0 Å². The lowest BCUT2D eigenvalue weighted by molar-refractivity contribution is 0.309. The number of rotatable bonds is 2. The number of hydrogen-bond acceptors (Lipinski definition) is 2. The Morgan fingerprint density at radius 3 is 2.53 bits per heavy atom. The number of thiocarbonyl (C=S) groups is 1. The fourth-order valence-corrected chi connectivity index (χ4v) is 2.47. The van der Waals surface area contributed by atoms with Crippen molar-refractivity contribution in [1.29, 1.82) is 0 Å². The van der Waals surface area contributed by atoms with Crippen molar-refractivity contribution in [2.45, 2.75) is 24.8 Å². The second-order valence-electron chi connectivity index (χ2n) is 3.96. The Morgan fingerprint density at radius 1 is 1.27 bits per heavy atom. The summed E-state index contributed by atoms with van der Waals surface area (Å²) in [5.41, 5.74) is 0.576. The van der Waals surface area contributed by atoms with Crippen LogP contribution >= 0.6 is 12.2 Å². The van der Waals surface area contributed by atoms with Crippen LogP contribution in [0.15, 0.2) is 30.3 Å². The summed E-state index contributed by atoms with van der Waals surface area (Å²) >= 11 is 5.00. The SMILES string of the molecule is OC(=S)C1(c2ccccc2)CCCCN1. The molecular weight excluding hydrogens is 206 g/mol. The van der Waals surface area contributed by atoms with Gasteiger partial charge in [0, 0.05) is 0 Å². The lowest BCUT2D eigenvalue weighted by atomic mass is 9.83. The highest BCUT2D eigenvalue weighted by Crippen LogP contribution is 2.31. The molecule has 1 saturated heterocycles. The number of aliphatic hydroxyl groups excluding tert-OH is 1. The van der Waals surface area contributed by atoms with Crippen LogP contribution in [0.2, 0.25) is 0 Å². The molecule has 2 N–H and O–H groups in total. The average molecular weight is 221 g/mol. The van der Waals surface area contributed by atoms with Gasteiger partial charge < -0.3 is 10.4 Å². The van der Waals surface area contributed by atoms with Gasteiger partial charge in [-0.2, -0.15) is 0 Å². The third kappa shape index (κ3) is 1.90. The summed E-state index contributed by atoms with van der Waals surface area (Å²) in [5.74, 6) is 0. The summed E-state index contributed by atoms with van der Waals surface area (Å²) in [6, 6.07) is 9.96. The molecule has 80 valence electrons. The summed E-state index contributed by atoms with van der Waals surface area (Å²) in [6.07, 6.45) is 3.13. The van der Waals surface area contributed by atoms with Crippen LogP contribution in [0.5, 0.6) is 0 Å². The van der Waals surface area contributed by atoms with E-state index >= 15 is 0 Å². The Bertz CT molecular complexity index is 344. The summed E-state index contributed by atoms with van der Waals surface area (Å²) in [6.45, 7) is 0.912. The molecule has 3 heteroatoms. The van der Waals surface area contributed by atoms with Crippen molar-refractivity contribution in [2.75, 3.05) is 6.54 Å². The molecule has 1 atom stereocenters. The van der Waals surface area contributed by atoms with Crippen LogP contribution in [-0.2, 0) is 5.54 Å². The maximum atomic E-state index is 9.75. The minimum atomic E-state index is -0.491. The summed E-state index contributed by atoms with van der Waals surface area (Å²) in [7, 11) is 0. The molecule has 1 aliphatic heterocycles. The molecule has 1 fully saturated rings. The van der Waals surface area contributed by atoms with Crippen molar-refractivity contribution < 1.29 is 5.11 Å². The highest BCUT2D eigenvalue weighted by Gasteiger charge is 2.37. The molecule has 1 aromatic rings. The van der Waals surface area contributed by atoms with Gasteiger partial charge in [0.05, 0.1) is 0 Å².